The van der Waals surface area contributed by atoms with Crippen molar-refractivity contribution in [3.63, 3.8) is 0 Å². The highest BCUT2D eigenvalue weighted by Gasteiger charge is 2.21. The van der Waals surface area contributed by atoms with E-state index < -0.39 is 5.60 Å². The van der Waals surface area contributed by atoms with E-state index in [0.717, 1.165) is 12.8 Å². The molecule has 0 fully saturated rings. The number of carbonyl (C=O) groups excluding carboxylic acids is 1. The van der Waals surface area contributed by atoms with Crippen LogP contribution in [0.15, 0.2) is 0 Å². The molecule has 0 aromatic heterocycles. The molecule has 3 nitrogen and oxygen atoms in total. The van der Waals surface area contributed by atoms with E-state index in [1.165, 1.54) is 0 Å². The third-order valence-electron chi connectivity index (χ3n) is 2.07. The summed E-state index contributed by atoms with van der Waals surface area (Å²) < 4.78 is 0. The number of hydrogen-bond donors (Lipinski definition) is 2. The maximum atomic E-state index is 11.4. The number of nitrogens with one attached hydrogen (secondary N) is 1. The van der Waals surface area contributed by atoms with Gasteiger partial charge in [-0.15, -0.1) is 0 Å². The highest BCUT2D eigenvalue weighted by Crippen LogP contribution is 2.11. The summed E-state index contributed by atoms with van der Waals surface area (Å²) in [6.45, 7) is 6.01. The molecule has 0 rings (SSSR count). The lowest BCUT2D eigenvalue weighted by atomic mass is 10.0. The number of halogens is 1. The largest absolute Gasteiger partial charge is 0.388 e. The lowest BCUT2D eigenvalue weighted by Gasteiger charge is -2.23. The van der Waals surface area contributed by atoms with Crippen molar-refractivity contribution >= 4 is 21.8 Å². The molecule has 14 heavy (non-hydrogen) atoms. The summed E-state index contributed by atoms with van der Waals surface area (Å²) in [5, 5.41) is 12.5. The van der Waals surface area contributed by atoms with Gasteiger partial charge in [0.15, 0.2) is 0 Å². The van der Waals surface area contributed by atoms with Gasteiger partial charge in [0.25, 0.3) is 0 Å². The van der Waals surface area contributed by atoms with Crippen molar-refractivity contribution in [3.05, 3.63) is 0 Å². The standard InChI is InChI=1S/C10H20BrNO2/c1-4-6-10(3,14)7-12-9(13)8(11)5-2/h8,14H,4-7H2,1-3H3,(H,12,13). The number of carbonyl (C=O) groups is 1. The zero-order valence-electron chi connectivity index (χ0n) is 9.14. The Labute approximate surface area is 94.4 Å². The second kappa shape index (κ2) is 6.40. The van der Waals surface area contributed by atoms with Crippen LogP contribution in [0.4, 0.5) is 0 Å². The molecule has 0 spiro atoms. The Hall–Kier alpha value is -0.0900. The lowest BCUT2D eigenvalue weighted by Crippen LogP contribution is -2.42. The van der Waals surface area contributed by atoms with Crippen LogP contribution in [0, 0.1) is 0 Å². The van der Waals surface area contributed by atoms with Gasteiger partial charge in [-0.25, -0.2) is 0 Å². The van der Waals surface area contributed by atoms with Crippen LogP contribution in [0.1, 0.15) is 40.0 Å². The normalized spacial score (nSPS) is 17.2. The van der Waals surface area contributed by atoms with E-state index in [4.69, 9.17) is 0 Å². The first-order chi connectivity index (χ1) is 6.43. The zero-order chi connectivity index (χ0) is 11.2. The highest BCUT2D eigenvalue weighted by atomic mass is 79.9. The molecule has 2 atom stereocenters. The summed E-state index contributed by atoms with van der Waals surface area (Å²) >= 11 is 3.26. The summed E-state index contributed by atoms with van der Waals surface area (Å²) in [6.07, 6.45) is 2.36. The van der Waals surface area contributed by atoms with Crippen LogP contribution >= 0.6 is 15.9 Å². The van der Waals surface area contributed by atoms with Crippen LogP contribution in [0.5, 0.6) is 0 Å². The van der Waals surface area contributed by atoms with Crippen LogP contribution < -0.4 is 5.32 Å². The molecule has 0 aliphatic carbocycles. The van der Waals surface area contributed by atoms with E-state index in [0.29, 0.717) is 13.0 Å². The highest BCUT2D eigenvalue weighted by molar-refractivity contribution is 9.10. The van der Waals surface area contributed by atoms with Gasteiger partial charge in [-0.1, -0.05) is 36.2 Å². The molecule has 0 heterocycles. The van der Waals surface area contributed by atoms with Gasteiger partial charge >= 0.3 is 0 Å². The van der Waals surface area contributed by atoms with Gasteiger partial charge in [-0.2, -0.15) is 0 Å². The summed E-state index contributed by atoms with van der Waals surface area (Å²) in [7, 11) is 0. The van der Waals surface area contributed by atoms with Crippen molar-refractivity contribution in [2.75, 3.05) is 6.54 Å². The molecule has 0 saturated heterocycles. The summed E-state index contributed by atoms with van der Waals surface area (Å²) in [4.78, 5) is 11.2. The van der Waals surface area contributed by atoms with Gasteiger partial charge in [0, 0.05) is 6.54 Å². The van der Waals surface area contributed by atoms with Gasteiger partial charge in [-0.3, -0.25) is 4.79 Å². The molecule has 1 amide bonds. The molecule has 0 aromatic carbocycles. The van der Waals surface area contributed by atoms with Crippen molar-refractivity contribution in [3.8, 4) is 0 Å². The van der Waals surface area contributed by atoms with E-state index in [9.17, 15) is 9.90 Å². The van der Waals surface area contributed by atoms with Crippen molar-refractivity contribution in [1.82, 2.24) is 5.32 Å². The molecular formula is C10H20BrNO2. The molecule has 2 unspecified atom stereocenters. The predicted octanol–water partition coefficient (Wildman–Crippen LogP) is 1.83. The van der Waals surface area contributed by atoms with E-state index in [1.54, 1.807) is 6.92 Å². The van der Waals surface area contributed by atoms with Crippen molar-refractivity contribution in [1.29, 1.82) is 0 Å². The summed E-state index contributed by atoms with van der Waals surface area (Å²) in [5.74, 6) is -0.0520. The first kappa shape index (κ1) is 13.9. The Bertz CT molecular complexity index is 183. The van der Waals surface area contributed by atoms with E-state index in [1.807, 2.05) is 13.8 Å². The van der Waals surface area contributed by atoms with E-state index in [2.05, 4.69) is 21.2 Å². The van der Waals surface area contributed by atoms with E-state index >= 15 is 0 Å². The lowest BCUT2D eigenvalue weighted by molar-refractivity contribution is -0.121. The fourth-order valence-corrected chi connectivity index (χ4v) is 1.36. The SMILES string of the molecule is CCCC(C)(O)CNC(=O)C(Br)CC. The van der Waals surface area contributed by atoms with Gasteiger partial charge < -0.3 is 10.4 Å². The zero-order valence-corrected chi connectivity index (χ0v) is 10.7. The van der Waals surface area contributed by atoms with E-state index in [-0.39, 0.29) is 10.7 Å². The molecule has 0 aliphatic heterocycles. The molecule has 0 aliphatic rings. The fraction of sp³-hybridized carbons (Fsp3) is 0.900. The molecule has 2 N–H and O–H groups in total. The maximum Gasteiger partial charge on any atom is 0.233 e. The third-order valence-corrected chi connectivity index (χ3v) is 3.14. The summed E-state index contributed by atoms with van der Waals surface area (Å²) in [5.41, 5.74) is -0.787. The Balaban J connectivity index is 3.87. The number of rotatable bonds is 6. The maximum absolute atomic E-state index is 11.4. The minimum atomic E-state index is -0.787. The minimum Gasteiger partial charge on any atom is -0.388 e. The quantitative estimate of drug-likeness (QED) is 0.720. The third kappa shape index (κ3) is 5.60. The monoisotopic (exact) mass is 265 g/mol. The number of amides is 1. The first-order valence-corrected chi connectivity index (χ1v) is 5.98. The Morgan fingerprint density at radius 1 is 1.57 bits per heavy atom. The molecule has 0 aromatic rings. The van der Waals surface area contributed by atoms with Gasteiger partial charge in [0.1, 0.15) is 0 Å². The van der Waals surface area contributed by atoms with Gasteiger partial charge in [0.05, 0.1) is 10.4 Å². The van der Waals surface area contributed by atoms with Crippen LogP contribution in [0.3, 0.4) is 0 Å². The Morgan fingerprint density at radius 2 is 2.14 bits per heavy atom. The summed E-state index contributed by atoms with van der Waals surface area (Å²) in [6, 6.07) is 0. The van der Waals surface area contributed by atoms with Gasteiger partial charge in [0.2, 0.25) is 5.91 Å². The molecule has 0 saturated carbocycles. The number of hydrogen-bond acceptors (Lipinski definition) is 2. The average Bonchev–Trinajstić information content (AvgIpc) is 2.13. The van der Waals surface area contributed by atoms with Crippen LogP contribution in [0.2, 0.25) is 0 Å². The number of aliphatic hydroxyl groups is 1. The predicted molar refractivity (Wildman–Crippen MR) is 61.5 cm³/mol. The van der Waals surface area contributed by atoms with Crippen molar-refractivity contribution in [2.24, 2.45) is 0 Å². The smallest absolute Gasteiger partial charge is 0.233 e. The van der Waals surface area contributed by atoms with Crippen LogP contribution in [-0.2, 0) is 4.79 Å². The van der Waals surface area contributed by atoms with Crippen molar-refractivity contribution in [2.45, 2.75) is 50.5 Å². The Morgan fingerprint density at radius 3 is 2.57 bits per heavy atom. The van der Waals surface area contributed by atoms with Gasteiger partial charge in [-0.05, 0) is 19.8 Å². The second-order valence-electron chi connectivity index (χ2n) is 3.84. The molecule has 0 radical (unpaired) electrons. The number of alkyl halides is 1. The topological polar surface area (TPSA) is 49.3 Å². The minimum absolute atomic E-state index is 0.0520. The molecule has 4 heteroatoms. The molecular weight excluding hydrogens is 246 g/mol. The molecule has 84 valence electrons. The second-order valence-corrected chi connectivity index (χ2v) is 4.95. The first-order valence-electron chi connectivity index (χ1n) is 5.07. The Kier molecular flexibility index (Phi) is 6.36. The molecule has 0 bridgehead atoms. The average molecular weight is 266 g/mol. The van der Waals surface area contributed by atoms with Crippen LogP contribution in [0.25, 0.3) is 0 Å². The van der Waals surface area contributed by atoms with Crippen LogP contribution in [-0.4, -0.2) is 28.0 Å². The fourth-order valence-electron chi connectivity index (χ4n) is 1.20. The van der Waals surface area contributed by atoms with Crippen molar-refractivity contribution < 1.29 is 9.90 Å².